The van der Waals surface area contributed by atoms with Gasteiger partial charge in [0.2, 0.25) is 0 Å². The monoisotopic (exact) mass is 250 g/mol. The molecule has 1 fully saturated rings. The molecule has 0 radical (unpaired) electrons. The van der Waals surface area contributed by atoms with Crippen molar-refractivity contribution in [2.45, 2.75) is 38.2 Å². The van der Waals surface area contributed by atoms with Crippen molar-refractivity contribution >= 4 is 10.2 Å². The highest BCUT2D eigenvalue weighted by Crippen LogP contribution is 2.17. The Morgan fingerprint density at radius 1 is 1.38 bits per heavy atom. The molecule has 1 heterocycles. The molecule has 0 aromatic heterocycles. The maximum Gasteiger partial charge on any atom is 0.278 e. The first-order chi connectivity index (χ1) is 7.52. The molecule has 1 unspecified atom stereocenters. The van der Waals surface area contributed by atoms with Crippen molar-refractivity contribution in [3.05, 3.63) is 0 Å². The lowest BCUT2D eigenvalue weighted by Gasteiger charge is -2.12. The largest absolute Gasteiger partial charge is 0.378 e. The molecule has 1 saturated heterocycles. The van der Waals surface area contributed by atoms with Gasteiger partial charge in [0.15, 0.2) is 0 Å². The lowest BCUT2D eigenvalue weighted by atomic mass is 10.1. The Bertz CT molecular complexity index is 284. The molecule has 0 aromatic rings. The summed E-state index contributed by atoms with van der Waals surface area (Å²) in [7, 11) is -0.201. The summed E-state index contributed by atoms with van der Waals surface area (Å²) in [4.78, 5) is 0. The first-order valence-electron chi connectivity index (χ1n) is 5.81. The maximum absolute atomic E-state index is 11.3. The van der Waals surface area contributed by atoms with Gasteiger partial charge in [0, 0.05) is 27.2 Å². The van der Waals surface area contributed by atoms with Crippen LogP contribution in [0.2, 0.25) is 0 Å². The Balaban J connectivity index is 2.03. The van der Waals surface area contributed by atoms with Crippen LogP contribution in [0.4, 0.5) is 0 Å². The molecule has 0 spiro atoms. The molecule has 1 atom stereocenters. The zero-order chi connectivity index (χ0) is 12.0. The molecule has 0 bridgehead atoms. The summed E-state index contributed by atoms with van der Waals surface area (Å²) in [5.74, 6) is 0. The second-order valence-corrected chi connectivity index (χ2v) is 6.28. The van der Waals surface area contributed by atoms with Gasteiger partial charge in [0.25, 0.3) is 10.2 Å². The summed E-state index contributed by atoms with van der Waals surface area (Å²) in [6, 6.07) is 0. The van der Waals surface area contributed by atoms with Crippen LogP contribution in [-0.2, 0) is 14.9 Å². The van der Waals surface area contributed by atoms with E-state index in [9.17, 15) is 8.42 Å². The van der Waals surface area contributed by atoms with Crippen LogP contribution < -0.4 is 4.72 Å². The van der Waals surface area contributed by atoms with Crippen LogP contribution in [0.1, 0.15) is 32.1 Å². The number of unbranched alkanes of at least 4 members (excludes halogenated alkanes) is 1. The molecule has 0 amide bonds. The molecule has 1 aliphatic rings. The topological polar surface area (TPSA) is 58.6 Å². The van der Waals surface area contributed by atoms with Crippen molar-refractivity contribution in [3.8, 4) is 0 Å². The second kappa shape index (κ2) is 6.54. The maximum atomic E-state index is 11.3. The Kier molecular flexibility index (Phi) is 5.68. The van der Waals surface area contributed by atoms with E-state index < -0.39 is 10.2 Å². The summed E-state index contributed by atoms with van der Waals surface area (Å²) in [5.41, 5.74) is 0. The van der Waals surface area contributed by atoms with Crippen molar-refractivity contribution in [2.24, 2.45) is 0 Å². The summed E-state index contributed by atoms with van der Waals surface area (Å²) < 4.78 is 31.9. The van der Waals surface area contributed by atoms with Gasteiger partial charge in [-0.25, -0.2) is 4.72 Å². The molecule has 1 rings (SSSR count). The fourth-order valence-corrected chi connectivity index (χ4v) is 2.36. The molecule has 1 aliphatic heterocycles. The standard InChI is InChI=1S/C10H22N2O3S/c1-12(2)16(13,14)11-8-4-3-6-10-7-5-9-15-10/h10-11H,3-9H2,1-2H3. The number of hydrogen-bond donors (Lipinski definition) is 1. The molecule has 5 nitrogen and oxygen atoms in total. The number of nitrogens with one attached hydrogen (secondary N) is 1. The molecular weight excluding hydrogens is 228 g/mol. The van der Waals surface area contributed by atoms with E-state index in [-0.39, 0.29) is 0 Å². The summed E-state index contributed by atoms with van der Waals surface area (Å²) in [5, 5.41) is 0. The Hall–Kier alpha value is -0.170. The van der Waals surface area contributed by atoms with Gasteiger partial charge in [-0.1, -0.05) is 0 Å². The number of nitrogens with zero attached hydrogens (tertiary/aromatic N) is 1. The Morgan fingerprint density at radius 3 is 2.69 bits per heavy atom. The minimum atomic E-state index is -3.25. The van der Waals surface area contributed by atoms with E-state index in [2.05, 4.69) is 4.72 Å². The van der Waals surface area contributed by atoms with Crippen LogP contribution in [-0.4, -0.2) is 46.1 Å². The first kappa shape index (κ1) is 13.9. The molecule has 0 aromatic carbocycles. The first-order valence-corrected chi connectivity index (χ1v) is 7.25. The zero-order valence-electron chi connectivity index (χ0n) is 10.1. The minimum Gasteiger partial charge on any atom is -0.378 e. The van der Waals surface area contributed by atoms with Crippen LogP contribution in [0.3, 0.4) is 0 Å². The summed E-state index contributed by atoms with van der Waals surface area (Å²) in [6.07, 6.45) is 5.66. The van der Waals surface area contributed by atoms with Gasteiger partial charge in [0.1, 0.15) is 0 Å². The van der Waals surface area contributed by atoms with Crippen LogP contribution in [0, 0.1) is 0 Å². The van der Waals surface area contributed by atoms with Crippen LogP contribution >= 0.6 is 0 Å². The lowest BCUT2D eigenvalue weighted by Crippen LogP contribution is -2.36. The van der Waals surface area contributed by atoms with Crippen molar-refractivity contribution in [3.63, 3.8) is 0 Å². The van der Waals surface area contributed by atoms with Crippen LogP contribution in [0.15, 0.2) is 0 Å². The van der Waals surface area contributed by atoms with Crippen molar-refractivity contribution in [1.29, 1.82) is 0 Å². The third-order valence-electron chi connectivity index (χ3n) is 2.74. The van der Waals surface area contributed by atoms with Gasteiger partial charge >= 0.3 is 0 Å². The predicted molar refractivity (Wildman–Crippen MR) is 63.4 cm³/mol. The third kappa shape index (κ3) is 4.78. The molecule has 0 aliphatic carbocycles. The van der Waals surface area contributed by atoms with E-state index in [0.717, 1.165) is 38.7 Å². The second-order valence-electron chi connectivity index (χ2n) is 4.31. The van der Waals surface area contributed by atoms with Gasteiger partial charge in [-0.2, -0.15) is 12.7 Å². The molecule has 0 saturated carbocycles. The zero-order valence-corrected chi connectivity index (χ0v) is 10.9. The van der Waals surface area contributed by atoms with E-state index in [4.69, 9.17) is 4.74 Å². The number of rotatable bonds is 7. The number of ether oxygens (including phenoxy) is 1. The van der Waals surface area contributed by atoms with E-state index in [0.29, 0.717) is 12.6 Å². The summed E-state index contributed by atoms with van der Waals surface area (Å²) in [6.45, 7) is 1.39. The Labute approximate surface area is 98.3 Å². The average molecular weight is 250 g/mol. The molecule has 1 N–H and O–H groups in total. The van der Waals surface area contributed by atoms with Crippen LogP contribution in [0.25, 0.3) is 0 Å². The quantitative estimate of drug-likeness (QED) is 0.678. The highest BCUT2D eigenvalue weighted by atomic mass is 32.2. The fourth-order valence-electron chi connectivity index (χ4n) is 1.70. The van der Waals surface area contributed by atoms with Crippen LogP contribution in [0.5, 0.6) is 0 Å². The van der Waals surface area contributed by atoms with Crippen molar-refractivity contribution in [2.75, 3.05) is 27.2 Å². The SMILES string of the molecule is CN(C)S(=O)(=O)NCCCCC1CCCO1. The smallest absolute Gasteiger partial charge is 0.278 e. The van der Waals surface area contributed by atoms with Gasteiger partial charge in [-0.3, -0.25) is 0 Å². The van der Waals surface area contributed by atoms with Gasteiger partial charge < -0.3 is 4.74 Å². The third-order valence-corrected chi connectivity index (χ3v) is 4.27. The van der Waals surface area contributed by atoms with E-state index in [1.54, 1.807) is 0 Å². The van der Waals surface area contributed by atoms with Crippen molar-refractivity contribution < 1.29 is 13.2 Å². The van der Waals surface area contributed by atoms with E-state index in [1.807, 2.05) is 0 Å². The summed E-state index contributed by atoms with van der Waals surface area (Å²) >= 11 is 0. The fraction of sp³-hybridized carbons (Fsp3) is 1.00. The highest BCUT2D eigenvalue weighted by molar-refractivity contribution is 7.87. The van der Waals surface area contributed by atoms with Gasteiger partial charge in [0.05, 0.1) is 6.10 Å². The van der Waals surface area contributed by atoms with Crippen molar-refractivity contribution in [1.82, 2.24) is 9.03 Å². The van der Waals surface area contributed by atoms with E-state index in [1.165, 1.54) is 18.4 Å². The predicted octanol–water partition coefficient (Wildman–Crippen LogP) is 0.732. The molecule has 96 valence electrons. The molecular formula is C10H22N2O3S. The van der Waals surface area contributed by atoms with Gasteiger partial charge in [-0.15, -0.1) is 0 Å². The normalized spacial score (nSPS) is 21.8. The average Bonchev–Trinajstić information content (AvgIpc) is 2.69. The Morgan fingerprint density at radius 2 is 2.12 bits per heavy atom. The minimum absolute atomic E-state index is 0.408. The molecule has 6 heteroatoms. The van der Waals surface area contributed by atoms with Gasteiger partial charge in [-0.05, 0) is 32.1 Å². The van der Waals surface area contributed by atoms with E-state index >= 15 is 0 Å². The molecule has 16 heavy (non-hydrogen) atoms. The lowest BCUT2D eigenvalue weighted by molar-refractivity contribution is 0.102. The number of hydrogen-bond acceptors (Lipinski definition) is 3. The highest BCUT2D eigenvalue weighted by Gasteiger charge is 2.15.